The van der Waals surface area contributed by atoms with Crippen molar-refractivity contribution >= 4 is 17.8 Å². The summed E-state index contributed by atoms with van der Waals surface area (Å²) >= 11 is 0. The number of methoxy groups -OCH3 is 2. The second-order valence-corrected chi connectivity index (χ2v) is 5.91. The molecule has 1 fully saturated rings. The highest BCUT2D eigenvalue weighted by molar-refractivity contribution is 6.00. The van der Waals surface area contributed by atoms with Crippen LogP contribution in [0.5, 0.6) is 0 Å². The Morgan fingerprint density at radius 1 is 1.12 bits per heavy atom. The number of ether oxygens (including phenoxy) is 2. The molecule has 1 aromatic heterocycles. The lowest BCUT2D eigenvalue weighted by Gasteiger charge is -2.38. The van der Waals surface area contributed by atoms with Gasteiger partial charge in [-0.25, -0.2) is 4.79 Å². The summed E-state index contributed by atoms with van der Waals surface area (Å²) in [4.78, 5) is 38.8. The van der Waals surface area contributed by atoms with Crippen LogP contribution in [0.25, 0.3) is 0 Å². The lowest BCUT2D eigenvalue weighted by Crippen LogP contribution is -2.55. The number of carbonyl (C=O) groups is 3. The van der Waals surface area contributed by atoms with Crippen molar-refractivity contribution in [1.29, 1.82) is 0 Å². The summed E-state index contributed by atoms with van der Waals surface area (Å²) in [6, 6.07) is -0.984. The fourth-order valence-electron chi connectivity index (χ4n) is 3.26. The standard InChI is InChI=1S/C16H23N3O5/c1-9-12(10(2)18(3)17-9)14(20)19-8-6-7-11(15(21)23-4)13(19)16(22)24-5/h11,13H,6-8H2,1-5H3/t11-,13-/m1/s1. The number of hydrogen-bond acceptors (Lipinski definition) is 6. The molecule has 0 N–H and O–H groups in total. The van der Waals surface area contributed by atoms with Crippen LogP contribution < -0.4 is 0 Å². The van der Waals surface area contributed by atoms with E-state index in [0.29, 0.717) is 36.3 Å². The molecule has 0 bridgehead atoms. The van der Waals surface area contributed by atoms with Crippen LogP contribution in [0.15, 0.2) is 0 Å². The van der Waals surface area contributed by atoms with Gasteiger partial charge in [-0.1, -0.05) is 0 Å². The summed E-state index contributed by atoms with van der Waals surface area (Å²) in [5.74, 6) is -2.17. The molecule has 24 heavy (non-hydrogen) atoms. The minimum atomic E-state index is -0.984. The normalized spacial score (nSPS) is 20.6. The van der Waals surface area contributed by atoms with Crippen LogP contribution in [0.2, 0.25) is 0 Å². The minimum Gasteiger partial charge on any atom is -0.469 e. The molecule has 2 rings (SSSR count). The molecule has 0 aromatic carbocycles. The van der Waals surface area contributed by atoms with E-state index >= 15 is 0 Å². The van der Waals surface area contributed by atoms with Gasteiger partial charge >= 0.3 is 11.9 Å². The lowest BCUT2D eigenvalue weighted by atomic mass is 9.88. The molecule has 0 saturated carbocycles. The first-order valence-corrected chi connectivity index (χ1v) is 7.80. The first-order chi connectivity index (χ1) is 11.3. The average molecular weight is 337 g/mol. The van der Waals surface area contributed by atoms with Gasteiger partial charge in [-0.05, 0) is 26.7 Å². The van der Waals surface area contributed by atoms with Crippen LogP contribution in [0.1, 0.15) is 34.6 Å². The largest absolute Gasteiger partial charge is 0.469 e. The molecule has 1 aliphatic heterocycles. The zero-order valence-corrected chi connectivity index (χ0v) is 14.7. The van der Waals surface area contributed by atoms with Crippen molar-refractivity contribution in [2.45, 2.75) is 32.7 Å². The predicted molar refractivity (Wildman–Crippen MR) is 84.3 cm³/mol. The highest BCUT2D eigenvalue weighted by Crippen LogP contribution is 2.28. The van der Waals surface area contributed by atoms with Crippen molar-refractivity contribution in [1.82, 2.24) is 14.7 Å². The van der Waals surface area contributed by atoms with Gasteiger partial charge < -0.3 is 14.4 Å². The van der Waals surface area contributed by atoms with E-state index in [1.54, 1.807) is 25.6 Å². The summed E-state index contributed by atoms with van der Waals surface area (Å²) < 4.78 is 11.3. The number of aryl methyl sites for hydroxylation is 2. The molecule has 8 heteroatoms. The maximum Gasteiger partial charge on any atom is 0.329 e. The van der Waals surface area contributed by atoms with Crippen LogP contribution in [-0.4, -0.2) is 59.3 Å². The quantitative estimate of drug-likeness (QED) is 0.750. The molecule has 2 atom stereocenters. The summed E-state index contributed by atoms with van der Waals surface area (Å²) in [6.07, 6.45) is 1.08. The monoisotopic (exact) mass is 337 g/mol. The summed E-state index contributed by atoms with van der Waals surface area (Å²) in [6.45, 7) is 3.91. The van der Waals surface area contributed by atoms with Gasteiger partial charge in [-0.15, -0.1) is 0 Å². The Labute approximate surface area is 140 Å². The molecule has 8 nitrogen and oxygen atoms in total. The maximum absolute atomic E-state index is 13.1. The number of hydrogen-bond donors (Lipinski definition) is 0. The number of carbonyl (C=O) groups excluding carboxylic acids is 3. The maximum atomic E-state index is 13.1. The second kappa shape index (κ2) is 7.02. The summed E-state index contributed by atoms with van der Waals surface area (Å²) in [7, 11) is 4.27. The third-order valence-electron chi connectivity index (χ3n) is 4.56. The van der Waals surface area contributed by atoms with Crippen LogP contribution in [0.3, 0.4) is 0 Å². The molecule has 1 aliphatic rings. The predicted octanol–water partition coefficient (Wildman–Crippen LogP) is 0.604. The molecule has 132 valence electrons. The van der Waals surface area contributed by atoms with Crippen LogP contribution >= 0.6 is 0 Å². The molecule has 0 radical (unpaired) electrons. The summed E-state index contributed by atoms with van der Waals surface area (Å²) in [5.41, 5.74) is 1.75. The Bertz CT molecular complexity index is 667. The molecule has 1 amide bonds. The number of esters is 2. The van der Waals surface area contributed by atoms with E-state index in [1.165, 1.54) is 19.1 Å². The first kappa shape index (κ1) is 18.0. The van der Waals surface area contributed by atoms with E-state index < -0.39 is 23.9 Å². The highest BCUT2D eigenvalue weighted by atomic mass is 16.5. The number of piperidine rings is 1. The Balaban J connectivity index is 2.43. The van der Waals surface area contributed by atoms with E-state index in [2.05, 4.69) is 5.10 Å². The van der Waals surface area contributed by atoms with Gasteiger partial charge in [0.15, 0.2) is 0 Å². The van der Waals surface area contributed by atoms with Gasteiger partial charge in [0.25, 0.3) is 5.91 Å². The van der Waals surface area contributed by atoms with Crippen molar-refractivity contribution in [3.05, 3.63) is 17.0 Å². The fraction of sp³-hybridized carbons (Fsp3) is 0.625. The van der Waals surface area contributed by atoms with Crippen molar-refractivity contribution in [3.63, 3.8) is 0 Å². The van der Waals surface area contributed by atoms with Gasteiger partial charge in [-0.2, -0.15) is 5.10 Å². The Hall–Kier alpha value is -2.38. The van der Waals surface area contributed by atoms with E-state index in [4.69, 9.17) is 9.47 Å². The van der Waals surface area contributed by atoms with E-state index in [1.807, 2.05) is 0 Å². The molecule has 2 heterocycles. The van der Waals surface area contributed by atoms with Crippen molar-refractivity contribution in [3.8, 4) is 0 Å². The number of aromatic nitrogens is 2. The topological polar surface area (TPSA) is 90.7 Å². The van der Waals surface area contributed by atoms with E-state index in [9.17, 15) is 14.4 Å². The zero-order valence-electron chi connectivity index (χ0n) is 14.7. The Kier molecular flexibility index (Phi) is 5.26. The molecule has 1 aromatic rings. The zero-order chi connectivity index (χ0) is 18.0. The van der Waals surface area contributed by atoms with E-state index in [-0.39, 0.29) is 5.91 Å². The van der Waals surface area contributed by atoms with Crippen LogP contribution in [-0.2, 0) is 26.1 Å². The Morgan fingerprint density at radius 3 is 2.25 bits per heavy atom. The number of rotatable bonds is 3. The minimum absolute atomic E-state index is 0.317. The van der Waals surface area contributed by atoms with Gasteiger partial charge in [-0.3, -0.25) is 14.3 Å². The third kappa shape index (κ3) is 3.00. The molecule has 0 unspecified atom stereocenters. The highest BCUT2D eigenvalue weighted by Gasteiger charge is 2.45. The van der Waals surface area contributed by atoms with Crippen molar-refractivity contribution in [2.75, 3.05) is 20.8 Å². The molecule has 1 saturated heterocycles. The molecular formula is C16H23N3O5. The number of nitrogens with zero attached hydrogens (tertiary/aromatic N) is 3. The number of amides is 1. The lowest BCUT2D eigenvalue weighted by molar-refractivity contribution is -0.160. The smallest absolute Gasteiger partial charge is 0.329 e. The SMILES string of the molecule is COC(=O)[C@@H]1CCCN(C(=O)c2c(C)nn(C)c2C)[C@H]1C(=O)OC. The van der Waals surface area contributed by atoms with Gasteiger partial charge in [0.2, 0.25) is 0 Å². The molecule has 0 aliphatic carbocycles. The van der Waals surface area contributed by atoms with Gasteiger partial charge in [0.1, 0.15) is 6.04 Å². The number of likely N-dealkylation sites (tertiary alicyclic amines) is 1. The molecule has 0 spiro atoms. The van der Waals surface area contributed by atoms with Crippen molar-refractivity contribution < 1.29 is 23.9 Å². The van der Waals surface area contributed by atoms with Gasteiger partial charge in [0, 0.05) is 19.3 Å². The van der Waals surface area contributed by atoms with Crippen LogP contribution in [0, 0.1) is 19.8 Å². The first-order valence-electron chi connectivity index (χ1n) is 7.80. The van der Waals surface area contributed by atoms with E-state index in [0.717, 1.165) is 0 Å². The second-order valence-electron chi connectivity index (χ2n) is 5.91. The molecular weight excluding hydrogens is 314 g/mol. The summed E-state index contributed by atoms with van der Waals surface area (Å²) in [5, 5.41) is 4.25. The van der Waals surface area contributed by atoms with Crippen molar-refractivity contribution in [2.24, 2.45) is 13.0 Å². The fourth-order valence-corrected chi connectivity index (χ4v) is 3.26. The van der Waals surface area contributed by atoms with Crippen LogP contribution in [0.4, 0.5) is 0 Å². The Morgan fingerprint density at radius 2 is 1.75 bits per heavy atom. The van der Waals surface area contributed by atoms with Gasteiger partial charge in [0.05, 0.1) is 31.4 Å². The third-order valence-corrected chi connectivity index (χ3v) is 4.56. The average Bonchev–Trinajstić information content (AvgIpc) is 2.84.